The van der Waals surface area contributed by atoms with Gasteiger partial charge in [0, 0.05) is 28.9 Å². The van der Waals surface area contributed by atoms with Crippen molar-refractivity contribution in [2.45, 2.75) is 6.18 Å². The second kappa shape index (κ2) is 11.7. The summed E-state index contributed by atoms with van der Waals surface area (Å²) in [5.41, 5.74) is 0.409. The third-order valence-corrected chi connectivity index (χ3v) is 4.24. The SMILES string of the molecule is C=CC(=O)Nc1cccc(Nc2ncc(C(F)(F)F)c(Nc3cccc(NC(=O)C=C)c3)n2)c1.Cl. The Balaban J connectivity index is 0.00000432. The molecule has 0 atom stereocenters. The molecule has 0 aliphatic heterocycles. The van der Waals surface area contributed by atoms with Crippen molar-refractivity contribution in [3.05, 3.63) is 85.6 Å². The minimum Gasteiger partial charge on any atom is -0.339 e. The summed E-state index contributed by atoms with van der Waals surface area (Å²) in [6.45, 7) is 6.72. The standard InChI is InChI=1S/C23H19F3N6O2.ClH/c1-3-19(33)28-14-7-5-9-16(11-14)30-21-18(23(24,25)26)13-27-22(32-21)31-17-10-6-8-15(12-17)29-20(34)4-2;/h3-13H,1-2H2,(H,28,33)(H,29,34)(H2,27,30,31,32);1H. The van der Waals surface area contributed by atoms with Crippen LogP contribution in [0.25, 0.3) is 0 Å². The van der Waals surface area contributed by atoms with Crippen LogP contribution in [0.1, 0.15) is 5.56 Å². The molecule has 3 aromatic rings. The molecule has 0 fully saturated rings. The molecule has 0 bridgehead atoms. The summed E-state index contributed by atoms with van der Waals surface area (Å²) in [6.07, 6.45) is -1.88. The van der Waals surface area contributed by atoms with Crippen LogP contribution < -0.4 is 21.3 Å². The lowest BCUT2D eigenvalue weighted by atomic mass is 10.2. The summed E-state index contributed by atoms with van der Waals surface area (Å²) in [5, 5.41) is 10.5. The summed E-state index contributed by atoms with van der Waals surface area (Å²) in [5.74, 6) is -1.48. The molecule has 2 amide bonds. The Hall–Kier alpha value is -4.38. The minimum atomic E-state index is -4.72. The Morgan fingerprint density at radius 1 is 0.829 bits per heavy atom. The molecule has 0 spiro atoms. The molecule has 4 N–H and O–H groups in total. The van der Waals surface area contributed by atoms with Gasteiger partial charge in [0.1, 0.15) is 11.4 Å². The van der Waals surface area contributed by atoms with Gasteiger partial charge in [-0.25, -0.2) is 4.98 Å². The van der Waals surface area contributed by atoms with Gasteiger partial charge in [-0.1, -0.05) is 25.3 Å². The lowest BCUT2D eigenvalue weighted by Crippen LogP contribution is -2.13. The Labute approximate surface area is 204 Å². The molecule has 8 nitrogen and oxygen atoms in total. The van der Waals surface area contributed by atoms with E-state index in [0.29, 0.717) is 23.3 Å². The third-order valence-electron chi connectivity index (χ3n) is 4.24. The number of carbonyl (C=O) groups is 2. The second-order valence-electron chi connectivity index (χ2n) is 6.75. The summed E-state index contributed by atoms with van der Waals surface area (Å²) >= 11 is 0. The number of carbonyl (C=O) groups excluding carboxylic acids is 2. The van der Waals surface area contributed by atoms with E-state index in [1.165, 1.54) is 12.1 Å². The number of nitrogens with one attached hydrogen (secondary N) is 4. The van der Waals surface area contributed by atoms with Crippen molar-refractivity contribution in [2.24, 2.45) is 0 Å². The van der Waals surface area contributed by atoms with E-state index in [0.717, 1.165) is 12.2 Å². The number of rotatable bonds is 8. The summed E-state index contributed by atoms with van der Waals surface area (Å²) in [7, 11) is 0. The van der Waals surface area contributed by atoms with Crippen LogP contribution in [0.5, 0.6) is 0 Å². The number of hydrogen-bond acceptors (Lipinski definition) is 6. The smallest absolute Gasteiger partial charge is 0.339 e. The van der Waals surface area contributed by atoms with Crippen molar-refractivity contribution in [2.75, 3.05) is 21.3 Å². The van der Waals surface area contributed by atoms with Crippen LogP contribution in [0.4, 0.5) is 47.7 Å². The predicted octanol–water partition coefficient (Wildman–Crippen LogP) is 5.65. The predicted molar refractivity (Wildman–Crippen MR) is 131 cm³/mol. The van der Waals surface area contributed by atoms with Crippen molar-refractivity contribution < 1.29 is 22.8 Å². The summed E-state index contributed by atoms with van der Waals surface area (Å²) in [6, 6.07) is 12.5. The Kier molecular flexibility index (Phi) is 8.95. The van der Waals surface area contributed by atoms with Crippen LogP contribution >= 0.6 is 12.4 Å². The minimum absolute atomic E-state index is 0. The molecule has 0 aliphatic rings. The number of halogens is 4. The van der Waals surface area contributed by atoms with Crippen molar-refractivity contribution in [3.8, 4) is 0 Å². The average molecular weight is 505 g/mol. The van der Waals surface area contributed by atoms with E-state index in [9.17, 15) is 22.8 Å². The fourth-order valence-corrected chi connectivity index (χ4v) is 2.75. The van der Waals surface area contributed by atoms with E-state index >= 15 is 0 Å². The second-order valence-corrected chi connectivity index (χ2v) is 6.75. The number of amides is 2. The van der Waals surface area contributed by atoms with Crippen LogP contribution in [-0.4, -0.2) is 21.8 Å². The van der Waals surface area contributed by atoms with Gasteiger partial charge in [-0.05, 0) is 48.6 Å². The number of aromatic nitrogens is 2. The molecule has 2 aromatic carbocycles. The first-order valence-corrected chi connectivity index (χ1v) is 9.73. The monoisotopic (exact) mass is 504 g/mol. The van der Waals surface area contributed by atoms with Gasteiger partial charge in [0.25, 0.3) is 0 Å². The Bertz CT molecular complexity index is 1250. The van der Waals surface area contributed by atoms with E-state index < -0.39 is 29.4 Å². The van der Waals surface area contributed by atoms with Gasteiger partial charge in [0.15, 0.2) is 0 Å². The molecule has 0 radical (unpaired) electrons. The third kappa shape index (κ3) is 7.57. The largest absolute Gasteiger partial charge is 0.421 e. The van der Waals surface area contributed by atoms with Gasteiger partial charge in [-0.2, -0.15) is 18.2 Å². The van der Waals surface area contributed by atoms with Crippen molar-refractivity contribution >= 4 is 58.7 Å². The fourth-order valence-electron chi connectivity index (χ4n) is 2.75. The summed E-state index contributed by atoms with van der Waals surface area (Å²) in [4.78, 5) is 30.7. The van der Waals surface area contributed by atoms with Gasteiger partial charge < -0.3 is 21.3 Å². The van der Waals surface area contributed by atoms with Gasteiger partial charge in [-0.15, -0.1) is 12.4 Å². The van der Waals surface area contributed by atoms with Crippen LogP contribution in [-0.2, 0) is 15.8 Å². The zero-order valence-electron chi connectivity index (χ0n) is 18.0. The molecular formula is C23H20ClF3N6O2. The van der Waals surface area contributed by atoms with Crippen LogP contribution in [0, 0.1) is 0 Å². The molecule has 1 aromatic heterocycles. The zero-order valence-corrected chi connectivity index (χ0v) is 18.8. The van der Waals surface area contributed by atoms with Gasteiger partial charge >= 0.3 is 6.18 Å². The van der Waals surface area contributed by atoms with E-state index in [2.05, 4.69) is 44.4 Å². The molecule has 3 rings (SSSR count). The number of anilines is 6. The van der Waals surface area contributed by atoms with Crippen molar-refractivity contribution in [1.82, 2.24) is 9.97 Å². The number of alkyl halides is 3. The van der Waals surface area contributed by atoms with Gasteiger partial charge in [0.05, 0.1) is 0 Å². The molecule has 0 unspecified atom stereocenters. The lowest BCUT2D eigenvalue weighted by molar-refractivity contribution is -0.137. The van der Waals surface area contributed by atoms with Crippen molar-refractivity contribution in [1.29, 1.82) is 0 Å². The first-order chi connectivity index (χ1) is 16.2. The maximum atomic E-state index is 13.6. The Morgan fingerprint density at radius 2 is 1.31 bits per heavy atom. The molecule has 1 heterocycles. The average Bonchev–Trinajstić information content (AvgIpc) is 2.78. The molecule has 182 valence electrons. The van der Waals surface area contributed by atoms with E-state index in [1.807, 2.05) is 0 Å². The van der Waals surface area contributed by atoms with Crippen LogP contribution in [0.2, 0.25) is 0 Å². The first-order valence-electron chi connectivity index (χ1n) is 9.73. The maximum Gasteiger partial charge on any atom is 0.421 e. The molecule has 0 saturated carbocycles. The van der Waals surface area contributed by atoms with Crippen LogP contribution in [0.15, 0.2) is 80.0 Å². The van der Waals surface area contributed by atoms with E-state index in [4.69, 9.17) is 0 Å². The number of benzene rings is 2. The highest BCUT2D eigenvalue weighted by atomic mass is 35.5. The molecular weight excluding hydrogens is 485 g/mol. The number of nitrogens with zero attached hydrogens (tertiary/aromatic N) is 2. The Morgan fingerprint density at radius 3 is 1.80 bits per heavy atom. The fraction of sp³-hybridized carbons (Fsp3) is 0.0435. The molecule has 0 saturated heterocycles. The van der Waals surface area contributed by atoms with E-state index in [-0.39, 0.29) is 24.0 Å². The summed E-state index contributed by atoms with van der Waals surface area (Å²) < 4.78 is 40.7. The number of hydrogen-bond donors (Lipinski definition) is 4. The van der Waals surface area contributed by atoms with Gasteiger partial charge in [-0.3, -0.25) is 9.59 Å². The normalized spacial score (nSPS) is 10.4. The maximum absolute atomic E-state index is 13.6. The zero-order chi connectivity index (χ0) is 24.7. The topological polar surface area (TPSA) is 108 Å². The highest BCUT2D eigenvalue weighted by molar-refractivity contribution is 5.99. The highest BCUT2D eigenvalue weighted by Gasteiger charge is 2.35. The van der Waals surface area contributed by atoms with Crippen molar-refractivity contribution in [3.63, 3.8) is 0 Å². The quantitative estimate of drug-likeness (QED) is 0.295. The molecule has 12 heteroatoms. The van der Waals surface area contributed by atoms with Gasteiger partial charge in [0.2, 0.25) is 17.8 Å². The molecule has 35 heavy (non-hydrogen) atoms. The first kappa shape index (κ1) is 26.9. The van der Waals surface area contributed by atoms with Crippen LogP contribution in [0.3, 0.4) is 0 Å². The molecule has 0 aliphatic carbocycles. The lowest BCUT2D eigenvalue weighted by Gasteiger charge is -2.15. The highest BCUT2D eigenvalue weighted by Crippen LogP contribution is 2.35. The van der Waals surface area contributed by atoms with E-state index in [1.54, 1.807) is 36.4 Å².